The number of unbranched alkanes of at least 4 members (excludes halogenated alkanes) is 3. The Kier molecular flexibility index (Phi) is 11.1. The molecule has 0 aliphatic carbocycles. The topological polar surface area (TPSA) is 113 Å². The minimum atomic E-state index is -3.93. The molecule has 188 valence electrons. The monoisotopic (exact) mass is 596 g/mol. The number of hydrogen-bond acceptors (Lipinski definition) is 5. The van der Waals surface area contributed by atoms with Gasteiger partial charge in [0.05, 0.1) is 0 Å². The van der Waals surface area contributed by atoms with E-state index < -0.39 is 28.7 Å². The third-order valence-electron chi connectivity index (χ3n) is 6.19. The van der Waals surface area contributed by atoms with E-state index in [2.05, 4.69) is 25.8 Å². The molecule has 0 saturated carbocycles. The van der Waals surface area contributed by atoms with Crippen molar-refractivity contribution in [2.24, 2.45) is 10.7 Å². The summed E-state index contributed by atoms with van der Waals surface area (Å²) >= 11 is -3.56. The van der Waals surface area contributed by atoms with Gasteiger partial charge in [0.15, 0.2) is 0 Å². The van der Waals surface area contributed by atoms with Gasteiger partial charge in [-0.2, -0.15) is 0 Å². The average molecular weight is 595 g/mol. The van der Waals surface area contributed by atoms with Crippen molar-refractivity contribution < 1.29 is 12.8 Å². The van der Waals surface area contributed by atoms with E-state index in [1.165, 1.54) is 2.53 Å². The molecule has 0 radical (unpaired) electrons. The number of rotatable bonds is 14. The number of nitrogens with zero attached hydrogens (tertiary/aromatic N) is 2. The molecule has 2 aromatic rings. The van der Waals surface area contributed by atoms with Gasteiger partial charge >= 0.3 is 210 Å². The normalized spacial score (nSPS) is 12.6. The van der Waals surface area contributed by atoms with Crippen LogP contribution in [0, 0.1) is 5.41 Å². The van der Waals surface area contributed by atoms with Crippen LogP contribution in [-0.4, -0.2) is 41.3 Å². The van der Waals surface area contributed by atoms with Gasteiger partial charge in [0, 0.05) is 0 Å². The van der Waals surface area contributed by atoms with Gasteiger partial charge in [0.2, 0.25) is 0 Å². The van der Waals surface area contributed by atoms with Crippen LogP contribution in [0.1, 0.15) is 72.0 Å². The van der Waals surface area contributed by atoms with Gasteiger partial charge in [-0.25, -0.2) is 0 Å². The molecule has 0 aliphatic rings. The second kappa shape index (κ2) is 13.3. The number of aliphatic imine (C=N–C) groups is 1. The Bertz CT molecular complexity index is 1010. The van der Waals surface area contributed by atoms with Gasteiger partial charge in [-0.15, -0.1) is 0 Å². The third-order valence-corrected chi connectivity index (χ3v) is 26.5. The summed E-state index contributed by atoms with van der Waals surface area (Å²) in [6.07, 6.45) is 7.53. The van der Waals surface area contributed by atoms with E-state index in [-0.39, 0.29) is 10.9 Å². The third kappa shape index (κ3) is 7.10. The predicted octanol–water partition coefficient (Wildman–Crippen LogP) is 6.65. The molecule has 0 spiro atoms. The fraction of sp³-hybridized carbons (Fsp3) is 0.520. The van der Waals surface area contributed by atoms with Gasteiger partial charge in [-0.05, 0) is 0 Å². The summed E-state index contributed by atoms with van der Waals surface area (Å²) in [5, 5.41) is 8.38. The second-order valence-electron chi connectivity index (χ2n) is 8.86. The van der Waals surface area contributed by atoms with Crippen molar-refractivity contribution in [3.05, 3.63) is 48.4 Å². The number of nitrogens with two attached hydrogens (primary N) is 1. The zero-order valence-corrected chi connectivity index (χ0v) is 24.7. The molecule has 1 heterocycles. The van der Waals surface area contributed by atoms with Crippen LogP contribution in [0.5, 0.6) is 0 Å². The van der Waals surface area contributed by atoms with Crippen LogP contribution >= 0.6 is 0 Å². The van der Waals surface area contributed by atoms with Gasteiger partial charge in [-0.1, -0.05) is 0 Å². The summed E-state index contributed by atoms with van der Waals surface area (Å²) in [6.45, 7) is 8.24. The van der Waals surface area contributed by atoms with Crippen LogP contribution in [0.15, 0.2) is 57.0 Å². The molecule has 34 heavy (non-hydrogen) atoms. The Morgan fingerprint density at radius 3 is 1.94 bits per heavy atom. The molecule has 0 aliphatic heterocycles. The first-order valence-corrected chi connectivity index (χ1v) is 21.1. The summed E-state index contributed by atoms with van der Waals surface area (Å²) in [5.41, 5.74) is 7.41. The summed E-state index contributed by atoms with van der Waals surface area (Å²) in [6, 6.07) is 10.2. The Labute approximate surface area is 209 Å². The van der Waals surface area contributed by atoms with Crippen molar-refractivity contribution in [1.29, 1.82) is 5.41 Å². The fourth-order valence-electron chi connectivity index (χ4n) is 4.37. The molecular weight excluding hydrogens is 555 g/mol. The van der Waals surface area contributed by atoms with Gasteiger partial charge in [0.25, 0.3) is 0 Å². The maximum atomic E-state index is 13.9. The fourth-order valence-corrected chi connectivity index (χ4v) is 26.9. The molecule has 0 fully saturated rings. The molecule has 1 aromatic carbocycles. The Morgan fingerprint density at radius 2 is 1.53 bits per heavy atom. The van der Waals surface area contributed by atoms with E-state index in [4.69, 9.17) is 15.6 Å². The Hall–Kier alpha value is -1.81. The number of nitrogens with one attached hydrogen (secondary N) is 1. The van der Waals surface area contributed by atoms with Crippen molar-refractivity contribution in [3.8, 4) is 0 Å². The molecule has 0 bridgehead atoms. The first-order chi connectivity index (χ1) is 16.2. The standard InChI is InChI=1S/C13H13N4O3S.3C4H9.Sn/c1-9(12-3-2-8-20-12)16-10-4-6-11(7-5-10)21(18,19)17-13(14)15;3*1-3-4-2;/h2-8H,1H3,(H3-,14,15,17);3*1,3-4H2,2H3;/q-1;;;;+1. The molecular formula is C25H40N4O3SSn. The van der Waals surface area contributed by atoms with E-state index in [1.807, 2.05) is 13.0 Å². The maximum absolute atomic E-state index is 13.9. The number of furan rings is 1. The summed E-state index contributed by atoms with van der Waals surface area (Å²) < 4.78 is 37.4. The van der Waals surface area contributed by atoms with Crippen LogP contribution in [-0.2, 0) is 10.0 Å². The molecule has 7 nitrogen and oxygen atoms in total. The minimum absolute atomic E-state index is 0.169. The molecule has 0 unspecified atom stereocenters. The van der Waals surface area contributed by atoms with Crippen LogP contribution in [0.3, 0.4) is 0 Å². The van der Waals surface area contributed by atoms with E-state index in [9.17, 15) is 8.42 Å². The van der Waals surface area contributed by atoms with Gasteiger partial charge in [-0.3, -0.25) is 0 Å². The summed E-state index contributed by atoms with van der Waals surface area (Å²) in [7, 11) is -3.93. The molecule has 1 aromatic heterocycles. The molecule has 9 heteroatoms. The summed E-state index contributed by atoms with van der Waals surface area (Å²) in [4.78, 5) is 4.70. The van der Waals surface area contributed by atoms with E-state index in [0.29, 0.717) is 17.2 Å². The van der Waals surface area contributed by atoms with Crippen molar-refractivity contribution in [3.63, 3.8) is 0 Å². The molecule has 0 atom stereocenters. The van der Waals surface area contributed by atoms with Crippen LogP contribution in [0.4, 0.5) is 5.69 Å². The number of guanidine groups is 1. The Balaban J connectivity index is 2.48. The van der Waals surface area contributed by atoms with Gasteiger partial charge < -0.3 is 0 Å². The zero-order valence-electron chi connectivity index (χ0n) is 21.0. The SMILES string of the molecule is CCC[CH2][Sn]([CH2]CCC)([CH2]CCC)[N](C(=N)N)S(=O)(=O)c1ccc(N=C(C)c2ccco2)cc1. The van der Waals surface area contributed by atoms with E-state index in [0.717, 1.165) is 51.8 Å². The molecule has 3 N–H and O–H groups in total. The van der Waals surface area contributed by atoms with Gasteiger partial charge in [0.1, 0.15) is 0 Å². The average Bonchev–Trinajstić information content (AvgIpc) is 3.35. The van der Waals surface area contributed by atoms with E-state index in [1.54, 1.807) is 36.6 Å². The molecule has 0 saturated heterocycles. The van der Waals surface area contributed by atoms with Crippen molar-refractivity contribution in [2.45, 2.75) is 84.4 Å². The summed E-state index contributed by atoms with van der Waals surface area (Å²) in [5.74, 6) is 0.343. The number of sulfonamides is 1. The number of hydrogen-bond donors (Lipinski definition) is 2. The van der Waals surface area contributed by atoms with Crippen molar-refractivity contribution in [2.75, 3.05) is 0 Å². The van der Waals surface area contributed by atoms with Crippen molar-refractivity contribution in [1.82, 2.24) is 2.53 Å². The Morgan fingerprint density at radius 1 is 1.00 bits per heavy atom. The number of benzene rings is 1. The van der Waals surface area contributed by atoms with Crippen LogP contribution in [0.25, 0.3) is 0 Å². The predicted molar refractivity (Wildman–Crippen MR) is 143 cm³/mol. The molecule has 2 rings (SSSR count). The first-order valence-electron chi connectivity index (χ1n) is 12.3. The second-order valence-corrected chi connectivity index (χ2v) is 24.1. The van der Waals surface area contributed by atoms with Crippen molar-refractivity contribution >= 4 is 46.0 Å². The van der Waals surface area contributed by atoms with Crippen LogP contribution in [0.2, 0.25) is 13.3 Å². The zero-order chi connectivity index (χ0) is 25.2. The quantitative estimate of drug-likeness (QED) is 0.145. The van der Waals surface area contributed by atoms with Crippen LogP contribution < -0.4 is 5.73 Å². The first kappa shape index (κ1) is 28.4. The molecule has 0 amide bonds. The van der Waals surface area contributed by atoms with E-state index >= 15 is 0 Å².